The lowest BCUT2D eigenvalue weighted by Gasteiger charge is -2.21. The predicted octanol–water partition coefficient (Wildman–Crippen LogP) is 5.33. The zero-order valence-corrected chi connectivity index (χ0v) is 16.6. The van der Waals surface area contributed by atoms with Crippen LogP contribution in [-0.4, -0.2) is 26.3 Å². The lowest BCUT2D eigenvalue weighted by atomic mass is 10.2. The summed E-state index contributed by atoms with van der Waals surface area (Å²) in [7, 11) is 0. The van der Waals surface area contributed by atoms with Crippen molar-refractivity contribution in [1.82, 2.24) is 14.9 Å². The van der Waals surface area contributed by atoms with Crippen LogP contribution in [0.25, 0.3) is 6.08 Å². The molecule has 1 aromatic carbocycles. The van der Waals surface area contributed by atoms with Crippen LogP contribution in [0.15, 0.2) is 84.3 Å². The predicted molar refractivity (Wildman–Crippen MR) is 110 cm³/mol. The van der Waals surface area contributed by atoms with Crippen molar-refractivity contribution in [2.24, 2.45) is 0 Å². The molecular weight excluding hydrogens is 411 g/mol. The molecule has 0 aliphatic rings. The first-order valence-electron chi connectivity index (χ1n) is 9.00. The minimum absolute atomic E-state index is 0.0990. The van der Waals surface area contributed by atoms with Gasteiger partial charge in [-0.3, -0.25) is 14.8 Å². The van der Waals surface area contributed by atoms with E-state index in [9.17, 15) is 18.0 Å². The van der Waals surface area contributed by atoms with Gasteiger partial charge in [0.15, 0.2) is 0 Å². The maximum Gasteiger partial charge on any atom is 0.446 e. The van der Waals surface area contributed by atoms with Crippen molar-refractivity contribution in [3.8, 4) is 0 Å². The van der Waals surface area contributed by atoms with Gasteiger partial charge in [-0.05, 0) is 64.9 Å². The van der Waals surface area contributed by atoms with Crippen LogP contribution in [0.1, 0.15) is 16.7 Å². The van der Waals surface area contributed by atoms with Gasteiger partial charge in [-0.1, -0.05) is 18.2 Å². The van der Waals surface area contributed by atoms with Gasteiger partial charge in [-0.25, -0.2) is 0 Å². The Bertz CT molecular complexity index is 937. The van der Waals surface area contributed by atoms with Gasteiger partial charge in [-0.2, -0.15) is 13.2 Å². The number of alkyl halides is 3. The number of rotatable bonds is 7. The molecule has 0 aliphatic carbocycles. The number of nitrogens with zero attached hydrogens (tertiary/aromatic N) is 3. The molecular formula is C22H18F3N3OS. The first-order valence-corrected chi connectivity index (χ1v) is 9.81. The van der Waals surface area contributed by atoms with Crippen molar-refractivity contribution in [3.05, 3.63) is 96.1 Å². The van der Waals surface area contributed by atoms with Crippen LogP contribution in [-0.2, 0) is 17.9 Å². The molecule has 0 spiro atoms. The molecule has 3 aromatic rings. The Labute approximate surface area is 176 Å². The Kier molecular flexibility index (Phi) is 7.24. The smallest absolute Gasteiger partial charge is 0.330 e. The quantitative estimate of drug-likeness (QED) is 0.376. The number of carbonyl (C=O) groups excluding carboxylic acids is 1. The van der Waals surface area contributed by atoms with Crippen LogP contribution in [0.2, 0.25) is 0 Å². The first-order chi connectivity index (χ1) is 14.4. The topological polar surface area (TPSA) is 46.1 Å². The molecule has 0 saturated heterocycles. The van der Waals surface area contributed by atoms with E-state index in [-0.39, 0.29) is 22.6 Å². The maximum absolute atomic E-state index is 12.8. The summed E-state index contributed by atoms with van der Waals surface area (Å²) in [6, 6.07) is 13.2. The van der Waals surface area contributed by atoms with Crippen molar-refractivity contribution in [2.75, 3.05) is 0 Å². The van der Waals surface area contributed by atoms with E-state index in [4.69, 9.17) is 0 Å². The SMILES string of the molecule is O=C(/C=C/c1ccc(SC(F)(F)F)cc1)N(Cc1ccncc1)Cc1cccnc1. The van der Waals surface area contributed by atoms with Gasteiger partial charge in [-0.15, -0.1) is 0 Å². The van der Waals surface area contributed by atoms with Crippen LogP contribution in [0.5, 0.6) is 0 Å². The third-order valence-electron chi connectivity index (χ3n) is 4.06. The molecule has 0 atom stereocenters. The molecule has 4 nitrogen and oxygen atoms in total. The van der Waals surface area contributed by atoms with E-state index in [1.165, 1.54) is 18.2 Å². The standard InChI is InChI=1S/C22H18F3N3OS/c23-22(24,25)30-20-6-3-17(4-7-20)5-8-21(29)28(15-18-9-12-26-13-10-18)16-19-2-1-11-27-14-19/h1-14H,15-16H2/b8-5+. The van der Waals surface area contributed by atoms with Crippen LogP contribution in [0, 0.1) is 0 Å². The molecule has 2 heterocycles. The third-order valence-corrected chi connectivity index (χ3v) is 4.80. The average Bonchev–Trinajstić information content (AvgIpc) is 2.73. The Balaban J connectivity index is 1.71. The molecule has 3 rings (SSSR count). The van der Waals surface area contributed by atoms with Gasteiger partial charge < -0.3 is 4.90 Å². The number of thioether (sulfide) groups is 1. The monoisotopic (exact) mass is 429 g/mol. The molecule has 0 fully saturated rings. The summed E-state index contributed by atoms with van der Waals surface area (Å²) in [5.74, 6) is -0.218. The Morgan fingerprint density at radius 1 is 0.933 bits per heavy atom. The highest BCUT2D eigenvalue weighted by Gasteiger charge is 2.28. The van der Waals surface area contributed by atoms with Gasteiger partial charge in [0.25, 0.3) is 0 Å². The summed E-state index contributed by atoms with van der Waals surface area (Å²) in [5.41, 5.74) is -1.86. The van der Waals surface area contributed by atoms with Crippen molar-refractivity contribution in [1.29, 1.82) is 0 Å². The van der Waals surface area contributed by atoms with Crippen LogP contribution in [0.3, 0.4) is 0 Å². The molecule has 0 aliphatic heterocycles. The van der Waals surface area contributed by atoms with Crippen molar-refractivity contribution in [2.45, 2.75) is 23.5 Å². The summed E-state index contributed by atoms with van der Waals surface area (Å²) >= 11 is -0.169. The lowest BCUT2D eigenvalue weighted by molar-refractivity contribution is -0.127. The lowest BCUT2D eigenvalue weighted by Crippen LogP contribution is -2.28. The molecule has 154 valence electrons. The zero-order valence-electron chi connectivity index (χ0n) is 15.8. The van der Waals surface area contributed by atoms with E-state index >= 15 is 0 Å². The van der Waals surface area contributed by atoms with Gasteiger partial charge in [0, 0.05) is 48.8 Å². The normalized spacial score (nSPS) is 11.6. The Hall–Kier alpha value is -3.13. The highest BCUT2D eigenvalue weighted by atomic mass is 32.2. The van der Waals surface area contributed by atoms with E-state index < -0.39 is 5.51 Å². The fourth-order valence-electron chi connectivity index (χ4n) is 2.69. The van der Waals surface area contributed by atoms with E-state index in [0.29, 0.717) is 18.7 Å². The first kappa shape index (κ1) is 21.6. The maximum atomic E-state index is 12.8. The largest absolute Gasteiger partial charge is 0.446 e. The molecule has 0 radical (unpaired) electrons. The average molecular weight is 429 g/mol. The molecule has 30 heavy (non-hydrogen) atoms. The molecule has 8 heteroatoms. The third kappa shape index (κ3) is 7.04. The highest BCUT2D eigenvalue weighted by molar-refractivity contribution is 8.00. The number of hydrogen-bond acceptors (Lipinski definition) is 4. The number of amides is 1. The van der Waals surface area contributed by atoms with Crippen LogP contribution >= 0.6 is 11.8 Å². The number of hydrogen-bond donors (Lipinski definition) is 0. The fraction of sp³-hybridized carbons (Fsp3) is 0.136. The second-order valence-electron chi connectivity index (χ2n) is 6.36. The zero-order chi connectivity index (χ0) is 21.4. The summed E-state index contributed by atoms with van der Waals surface area (Å²) in [6.45, 7) is 0.766. The van der Waals surface area contributed by atoms with Crippen LogP contribution < -0.4 is 0 Å². The summed E-state index contributed by atoms with van der Waals surface area (Å²) in [4.78, 5) is 22.7. The van der Waals surface area contributed by atoms with E-state index in [2.05, 4.69) is 9.97 Å². The summed E-state index contributed by atoms with van der Waals surface area (Å²) in [5, 5.41) is 0. The number of benzene rings is 1. The highest BCUT2D eigenvalue weighted by Crippen LogP contribution is 2.36. The molecule has 0 saturated carbocycles. The number of pyridine rings is 2. The Morgan fingerprint density at radius 2 is 1.63 bits per heavy atom. The molecule has 0 bridgehead atoms. The van der Waals surface area contributed by atoms with Gasteiger partial charge in [0.2, 0.25) is 5.91 Å². The second-order valence-corrected chi connectivity index (χ2v) is 7.50. The van der Waals surface area contributed by atoms with Gasteiger partial charge >= 0.3 is 5.51 Å². The van der Waals surface area contributed by atoms with Crippen molar-refractivity contribution >= 4 is 23.7 Å². The number of halogens is 3. The summed E-state index contributed by atoms with van der Waals surface area (Å²) < 4.78 is 37.3. The van der Waals surface area contributed by atoms with Gasteiger partial charge in [0.1, 0.15) is 0 Å². The Morgan fingerprint density at radius 3 is 2.27 bits per heavy atom. The number of carbonyl (C=O) groups is 1. The van der Waals surface area contributed by atoms with Crippen LogP contribution in [0.4, 0.5) is 13.2 Å². The van der Waals surface area contributed by atoms with E-state index in [0.717, 1.165) is 11.1 Å². The second kappa shape index (κ2) is 10.1. The molecule has 1 amide bonds. The molecule has 0 unspecified atom stereocenters. The minimum Gasteiger partial charge on any atom is -0.330 e. The molecule has 2 aromatic heterocycles. The van der Waals surface area contributed by atoms with Crippen molar-refractivity contribution in [3.63, 3.8) is 0 Å². The van der Waals surface area contributed by atoms with E-state index in [1.54, 1.807) is 54.0 Å². The van der Waals surface area contributed by atoms with Gasteiger partial charge in [0.05, 0.1) is 0 Å². The number of aromatic nitrogens is 2. The fourth-order valence-corrected chi connectivity index (χ4v) is 3.23. The van der Waals surface area contributed by atoms with E-state index in [1.807, 2.05) is 18.2 Å². The van der Waals surface area contributed by atoms with Crippen molar-refractivity contribution < 1.29 is 18.0 Å². The molecule has 0 N–H and O–H groups in total. The minimum atomic E-state index is -4.33. The summed E-state index contributed by atoms with van der Waals surface area (Å²) in [6.07, 6.45) is 9.71.